The van der Waals surface area contributed by atoms with Gasteiger partial charge in [0, 0.05) is 40.9 Å². The van der Waals surface area contributed by atoms with Crippen molar-refractivity contribution in [2.45, 2.75) is 56.6 Å². The third-order valence-corrected chi connectivity index (χ3v) is 7.34. The zero-order chi connectivity index (χ0) is 22.5. The molecule has 2 aliphatic heterocycles. The molecular formula is C22H26ClNO6S. The Bertz CT molecular complexity index is 994. The molecular weight excluding hydrogens is 442 g/mol. The molecule has 31 heavy (non-hydrogen) atoms. The van der Waals surface area contributed by atoms with Crippen molar-refractivity contribution in [3.05, 3.63) is 55.7 Å². The molecule has 2 aliphatic rings. The largest absolute Gasteiger partial charge is 0.388 e. The summed E-state index contributed by atoms with van der Waals surface area (Å²) in [7, 11) is 3.47. The van der Waals surface area contributed by atoms with Gasteiger partial charge in [0.15, 0.2) is 0 Å². The Hall–Kier alpha value is -1.52. The summed E-state index contributed by atoms with van der Waals surface area (Å²) in [6.07, 6.45) is -3.89. The van der Waals surface area contributed by atoms with Gasteiger partial charge in [-0.25, -0.2) is 0 Å². The molecule has 1 saturated heterocycles. The van der Waals surface area contributed by atoms with Crippen molar-refractivity contribution in [1.29, 1.82) is 0 Å². The summed E-state index contributed by atoms with van der Waals surface area (Å²) in [4.78, 5) is 15.6. The Morgan fingerprint density at radius 2 is 1.94 bits per heavy atom. The highest BCUT2D eigenvalue weighted by molar-refractivity contribution is 7.12. The molecule has 7 nitrogen and oxygen atoms in total. The molecule has 168 valence electrons. The van der Waals surface area contributed by atoms with Crippen molar-refractivity contribution < 1.29 is 29.6 Å². The molecule has 4 rings (SSSR count). The molecule has 1 aromatic heterocycles. The second-order valence-electron chi connectivity index (χ2n) is 8.32. The standard InChI is InChI=1S/C22H26ClNO6S/c1-11-19(26)20(27)21(28)22(30-11)16-7-12(17(23)8-13(16)10-29-22)6-14-4-5-15(31-14)9-18(25)24(2)3/h4-5,7-8,11,19-21,26-28H,6,9-10H2,1-3H3/t11-,19-,20+,21-,22+/m1/s1. The van der Waals surface area contributed by atoms with Crippen LogP contribution in [0.2, 0.25) is 5.02 Å². The summed E-state index contributed by atoms with van der Waals surface area (Å²) < 4.78 is 11.7. The second kappa shape index (κ2) is 8.44. The van der Waals surface area contributed by atoms with Crippen LogP contribution in [0.15, 0.2) is 24.3 Å². The van der Waals surface area contributed by atoms with Crippen molar-refractivity contribution in [3.63, 3.8) is 0 Å². The predicted octanol–water partition coefficient (Wildman–Crippen LogP) is 1.81. The third kappa shape index (κ3) is 4.02. The van der Waals surface area contributed by atoms with Gasteiger partial charge in [-0.15, -0.1) is 11.3 Å². The van der Waals surface area contributed by atoms with E-state index in [1.54, 1.807) is 43.3 Å². The van der Waals surface area contributed by atoms with Crippen LogP contribution < -0.4 is 0 Å². The predicted molar refractivity (Wildman–Crippen MR) is 116 cm³/mol. The fourth-order valence-electron chi connectivity index (χ4n) is 4.06. The van der Waals surface area contributed by atoms with Gasteiger partial charge >= 0.3 is 0 Å². The molecule has 3 heterocycles. The first-order valence-corrected chi connectivity index (χ1v) is 11.3. The number of ether oxygens (including phenoxy) is 2. The van der Waals surface area contributed by atoms with E-state index in [1.807, 2.05) is 18.2 Å². The number of carbonyl (C=O) groups excluding carboxylic acids is 1. The van der Waals surface area contributed by atoms with Crippen LogP contribution in [0.25, 0.3) is 0 Å². The van der Waals surface area contributed by atoms with E-state index in [0.29, 0.717) is 23.4 Å². The zero-order valence-corrected chi connectivity index (χ0v) is 19.1. The van der Waals surface area contributed by atoms with Gasteiger partial charge in [-0.3, -0.25) is 4.79 Å². The highest BCUT2D eigenvalue weighted by Gasteiger charge is 2.57. The molecule has 1 amide bonds. The fourth-order valence-corrected chi connectivity index (χ4v) is 5.34. The lowest BCUT2D eigenvalue weighted by Crippen LogP contribution is -2.62. The highest BCUT2D eigenvalue weighted by Crippen LogP contribution is 2.47. The van der Waals surface area contributed by atoms with E-state index in [4.69, 9.17) is 21.1 Å². The van der Waals surface area contributed by atoms with Gasteiger partial charge in [0.2, 0.25) is 11.7 Å². The minimum absolute atomic E-state index is 0.0429. The van der Waals surface area contributed by atoms with Crippen molar-refractivity contribution in [3.8, 4) is 0 Å². The first-order valence-electron chi connectivity index (χ1n) is 10.1. The summed E-state index contributed by atoms with van der Waals surface area (Å²) in [6, 6.07) is 7.56. The van der Waals surface area contributed by atoms with Crippen molar-refractivity contribution >= 4 is 28.8 Å². The number of aliphatic hydroxyl groups is 3. The Balaban J connectivity index is 1.62. The molecule has 0 unspecified atom stereocenters. The molecule has 0 saturated carbocycles. The van der Waals surface area contributed by atoms with Gasteiger partial charge < -0.3 is 29.7 Å². The summed E-state index contributed by atoms with van der Waals surface area (Å²) in [5.41, 5.74) is 2.20. The van der Waals surface area contributed by atoms with Gasteiger partial charge in [0.1, 0.15) is 18.3 Å². The van der Waals surface area contributed by atoms with E-state index in [0.717, 1.165) is 20.9 Å². The van der Waals surface area contributed by atoms with E-state index >= 15 is 0 Å². The number of carbonyl (C=O) groups is 1. The van der Waals surface area contributed by atoms with Gasteiger partial charge in [-0.1, -0.05) is 11.6 Å². The maximum absolute atomic E-state index is 12.0. The lowest BCUT2D eigenvalue weighted by molar-refractivity contribution is -0.362. The summed E-state index contributed by atoms with van der Waals surface area (Å²) in [5.74, 6) is -1.51. The molecule has 1 spiro atoms. The number of aliphatic hydroxyl groups excluding tert-OH is 3. The highest BCUT2D eigenvalue weighted by atomic mass is 35.5. The summed E-state index contributed by atoms with van der Waals surface area (Å²) in [5, 5.41) is 31.7. The molecule has 0 aliphatic carbocycles. The lowest BCUT2D eigenvalue weighted by Gasteiger charge is -2.45. The monoisotopic (exact) mass is 467 g/mol. The smallest absolute Gasteiger partial charge is 0.227 e. The molecule has 5 atom stereocenters. The fraction of sp³-hybridized carbons (Fsp3) is 0.500. The number of amides is 1. The van der Waals surface area contributed by atoms with Crippen LogP contribution in [0.5, 0.6) is 0 Å². The number of fused-ring (bicyclic) bond motifs is 2. The second-order valence-corrected chi connectivity index (χ2v) is 9.98. The average Bonchev–Trinajstić information content (AvgIpc) is 3.30. The first kappa shape index (κ1) is 22.7. The normalized spacial score (nSPS) is 29.9. The van der Waals surface area contributed by atoms with Crippen LogP contribution >= 0.6 is 22.9 Å². The minimum atomic E-state index is -1.55. The van der Waals surface area contributed by atoms with Gasteiger partial charge in [-0.05, 0) is 42.3 Å². The van der Waals surface area contributed by atoms with Gasteiger partial charge in [0.25, 0.3) is 0 Å². The van der Waals surface area contributed by atoms with Crippen LogP contribution in [0, 0.1) is 0 Å². The number of nitrogens with zero attached hydrogens (tertiary/aromatic N) is 1. The number of thiophene rings is 1. The van der Waals surface area contributed by atoms with Crippen LogP contribution in [0.1, 0.15) is 33.4 Å². The maximum atomic E-state index is 12.0. The topological polar surface area (TPSA) is 99.5 Å². The zero-order valence-electron chi connectivity index (χ0n) is 17.5. The number of rotatable bonds is 4. The quantitative estimate of drug-likeness (QED) is 0.634. The van der Waals surface area contributed by atoms with Gasteiger partial charge in [-0.2, -0.15) is 0 Å². The van der Waals surface area contributed by atoms with Crippen LogP contribution in [0.4, 0.5) is 0 Å². The third-order valence-electron chi connectivity index (χ3n) is 5.90. The van der Waals surface area contributed by atoms with Gasteiger partial charge in [0.05, 0.1) is 19.1 Å². The molecule has 0 radical (unpaired) electrons. The Kier molecular flexibility index (Phi) is 6.17. The van der Waals surface area contributed by atoms with E-state index in [9.17, 15) is 20.1 Å². The number of halogens is 1. The van der Waals surface area contributed by atoms with E-state index in [-0.39, 0.29) is 12.5 Å². The number of hydrogen-bond donors (Lipinski definition) is 3. The number of likely N-dealkylation sites (N-methyl/N-ethyl adjacent to an activating group) is 1. The van der Waals surface area contributed by atoms with E-state index in [1.165, 1.54) is 0 Å². The van der Waals surface area contributed by atoms with E-state index < -0.39 is 30.2 Å². The Morgan fingerprint density at radius 3 is 2.65 bits per heavy atom. The van der Waals surface area contributed by atoms with Crippen LogP contribution in [0.3, 0.4) is 0 Å². The lowest BCUT2D eigenvalue weighted by atomic mass is 9.87. The summed E-state index contributed by atoms with van der Waals surface area (Å²) in [6.45, 7) is 1.81. The maximum Gasteiger partial charge on any atom is 0.227 e. The first-order chi connectivity index (χ1) is 14.6. The Morgan fingerprint density at radius 1 is 1.23 bits per heavy atom. The number of benzene rings is 1. The molecule has 1 aromatic carbocycles. The number of hydrogen-bond acceptors (Lipinski definition) is 7. The molecule has 9 heteroatoms. The van der Waals surface area contributed by atoms with E-state index in [2.05, 4.69) is 0 Å². The Labute approximate surface area is 189 Å². The van der Waals surface area contributed by atoms with Crippen molar-refractivity contribution in [2.24, 2.45) is 0 Å². The summed E-state index contributed by atoms with van der Waals surface area (Å²) >= 11 is 8.08. The van der Waals surface area contributed by atoms with Crippen molar-refractivity contribution in [1.82, 2.24) is 4.90 Å². The van der Waals surface area contributed by atoms with Crippen LogP contribution in [-0.4, -0.2) is 64.6 Å². The molecule has 0 bridgehead atoms. The van der Waals surface area contributed by atoms with Crippen molar-refractivity contribution in [2.75, 3.05) is 14.1 Å². The average molecular weight is 468 g/mol. The molecule has 1 fully saturated rings. The SMILES string of the molecule is C[C@H]1O[C@]2(OCc3cc(Cl)c(Cc4ccc(CC(=O)N(C)C)s4)cc32)[C@H](O)[C@@H](O)[C@@H]1O. The minimum Gasteiger partial charge on any atom is -0.388 e. The molecule has 3 N–H and O–H groups in total. The molecule has 2 aromatic rings. The van der Waals surface area contributed by atoms with Crippen LogP contribution in [-0.2, 0) is 39.5 Å².